The maximum absolute atomic E-state index is 13.1. The molecule has 10 nitrogen and oxygen atoms in total. The van der Waals surface area contributed by atoms with Crippen LogP contribution in [-0.2, 0) is 12.7 Å². The molecule has 0 saturated carbocycles. The maximum Gasteiger partial charge on any atom is 0.416 e. The van der Waals surface area contributed by atoms with Crippen molar-refractivity contribution in [2.75, 3.05) is 22.7 Å². The number of halogens is 3. The quantitative estimate of drug-likeness (QED) is 0.193. The molecule has 3 N–H and O–H groups in total. The summed E-state index contributed by atoms with van der Waals surface area (Å²) >= 11 is 0. The van der Waals surface area contributed by atoms with Crippen LogP contribution in [0.25, 0.3) is 5.82 Å². The van der Waals surface area contributed by atoms with E-state index in [1.807, 2.05) is 25.1 Å². The highest BCUT2D eigenvalue weighted by atomic mass is 19.4. The third-order valence-corrected chi connectivity index (χ3v) is 6.64. The van der Waals surface area contributed by atoms with E-state index in [0.29, 0.717) is 47.0 Å². The summed E-state index contributed by atoms with van der Waals surface area (Å²) in [6, 6.07) is 16.9. The number of amides is 1. The first-order chi connectivity index (χ1) is 20.7. The molecule has 0 unspecified atom stereocenters. The van der Waals surface area contributed by atoms with Gasteiger partial charge in [-0.3, -0.25) is 9.36 Å². The number of hydrogen-bond donors (Lipinski definition) is 3. The third kappa shape index (κ3) is 6.20. The molecule has 13 heteroatoms. The Morgan fingerprint density at radius 1 is 0.977 bits per heavy atom. The molecule has 0 aliphatic carbocycles. The number of benzene rings is 3. The van der Waals surface area contributed by atoms with Crippen molar-refractivity contribution in [3.8, 4) is 17.3 Å². The van der Waals surface area contributed by atoms with E-state index < -0.39 is 17.6 Å². The number of imidazole rings is 1. The highest BCUT2D eigenvalue weighted by Gasteiger charge is 2.31. The minimum Gasteiger partial charge on any atom is -0.454 e. The molecule has 6 rings (SSSR count). The van der Waals surface area contributed by atoms with Crippen LogP contribution >= 0.6 is 0 Å². The van der Waals surface area contributed by atoms with Gasteiger partial charge in [-0.1, -0.05) is 18.2 Å². The Morgan fingerprint density at radius 2 is 1.84 bits per heavy atom. The van der Waals surface area contributed by atoms with E-state index in [0.717, 1.165) is 23.3 Å². The van der Waals surface area contributed by atoms with Gasteiger partial charge in [-0.05, 0) is 60.5 Å². The van der Waals surface area contributed by atoms with Gasteiger partial charge in [0.1, 0.15) is 18.0 Å². The molecule has 0 saturated heterocycles. The summed E-state index contributed by atoms with van der Waals surface area (Å²) < 4.78 is 51.8. The molecular formula is C30H24F3N7O3. The summed E-state index contributed by atoms with van der Waals surface area (Å²) in [5.41, 5.74) is 1.86. The average molecular weight is 588 g/mol. The molecule has 0 atom stereocenters. The largest absolute Gasteiger partial charge is 0.454 e. The minimum absolute atomic E-state index is 0.104. The summed E-state index contributed by atoms with van der Waals surface area (Å²) in [7, 11) is 0. The fourth-order valence-corrected chi connectivity index (χ4v) is 4.39. The van der Waals surface area contributed by atoms with E-state index in [4.69, 9.17) is 9.47 Å². The molecule has 3 heterocycles. The molecule has 218 valence electrons. The smallest absolute Gasteiger partial charge is 0.416 e. The number of aromatic nitrogens is 4. The summed E-state index contributed by atoms with van der Waals surface area (Å²) in [6.45, 7) is 2.58. The Bertz CT molecular complexity index is 1810. The number of alkyl halides is 3. The van der Waals surface area contributed by atoms with Crippen molar-refractivity contribution < 1.29 is 27.4 Å². The van der Waals surface area contributed by atoms with E-state index in [1.165, 1.54) is 18.5 Å². The SMILES string of the molecule is Cc1ccc(NC(=O)c2cccc(C(F)(F)F)c2)cc1Nc1nccn1-c1cc(NCc2ccc3c(c2)OCO3)ncn1. The molecule has 0 spiro atoms. The van der Waals surface area contributed by atoms with Crippen molar-refractivity contribution in [1.29, 1.82) is 0 Å². The van der Waals surface area contributed by atoms with Crippen LogP contribution in [0, 0.1) is 6.92 Å². The van der Waals surface area contributed by atoms with Crippen molar-refractivity contribution in [1.82, 2.24) is 19.5 Å². The molecule has 1 amide bonds. The molecule has 5 aromatic rings. The minimum atomic E-state index is -4.55. The number of hydrogen-bond acceptors (Lipinski definition) is 8. The highest BCUT2D eigenvalue weighted by molar-refractivity contribution is 6.04. The van der Waals surface area contributed by atoms with Crippen LogP contribution in [0.2, 0.25) is 0 Å². The predicted molar refractivity (Wildman–Crippen MR) is 153 cm³/mol. The lowest BCUT2D eigenvalue weighted by molar-refractivity contribution is -0.137. The molecule has 3 aromatic carbocycles. The molecule has 0 bridgehead atoms. The lowest BCUT2D eigenvalue weighted by atomic mass is 10.1. The second-order valence-corrected chi connectivity index (χ2v) is 9.61. The molecule has 1 aliphatic rings. The number of aryl methyl sites for hydroxylation is 1. The normalized spacial score (nSPS) is 12.2. The van der Waals surface area contributed by atoms with Gasteiger partial charge in [-0.15, -0.1) is 0 Å². The van der Waals surface area contributed by atoms with Gasteiger partial charge in [0, 0.05) is 41.9 Å². The molecule has 0 radical (unpaired) electrons. The van der Waals surface area contributed by atoms with Crippen molar-refractivity contribution in [2.45, 2.75) is 19.6 Å². The van der Waals surface area contributed by atoms with Gasteiger partial charge in [-0.25, -0.2) is 15.0 Å². The van der Waals surface area contributed by atoms with Crippen LogP contribution in [-0.4, -0.2) is 32.2 Å². The van der Waals surface area contributed by atoms with Gasteiger partial charge in [0.25, 0.3) is 5.91 Å². The van der Waals surface area contributed by atoms with Gasteiger partial charge in [0.2, 0.25) is 12.7 Å². The van der Waals surface area contributed by atoms with E-state index in [2.05, 4.69) is 30.9 Å². The fraction of sp³-hybridized carbons (Fsp3) is 0.133. The number of nitrogens with one attached hydrogen (secondary N) is 3. The van der Waals surface area contributed by atoms with Gasteiger partial charge in [0.05, 0.1) is 5.56 Å². The van der Waals surface area contributed by atoms with E-state index in [9.17, 15) is 18.0 Å². The summed E-state index contributed by atoms with van der Waals surface area (Å²) in [4.78, 5) is 25.8. The second-order valence-electron chi connectivity index (χ2n) is 9.61. The third-order valence-electron chi connectivity index (χ3n) is 6.64. The number of carbonyl (C=O) groups is 1. The van der Waals surface area contributed by atoms with Gasteiger partial charge >= 0.3 is 6.18 Å². The predicted octanol–water partition coefficient (Wildman–Crippen LogP) is 6.33. The molecule has 43 heavy (non-hydrogen) atoms. The van der Waals surface area contributed by atoms with Crippen molar-refractivity contribution in [2.24, 2.45) is 0 Å². The number of fused-ring (bicyclic) bond motifs is 1. The van der Waals surface area contributed by atoms with Gasteiger partial charge in [0.15, 0.2) is 11.5 Å². The highest BCUT2D eigenvalue weighted by Crippen LogP contribution is 2.33. The van der Waals surface area contributed by atoms with Crippen LogP contribution < -0.4 is 25.4 Å². The summed E-state index contributed by atoms with van der Waals surface area (Å²) in [6.07, 6.45) is 0.239. The molecule has 0 fully saturated rings. The van der Waals surface area contributed by atoms with E-state index in [-0.39, 0.29) is 12.4 Å². The van der Waals surface area contributed by atoms with Crippen LogP contribution in [0.3, 0.4) is 0 Å². The zero-order valence-electron chi connectivity index (χ0n) is 22.6. The first-order valence-corrected chi connectivity index (χ1v) is 13.1. The lowest BCUT2D eigenvalue weighted by Crippen LogP contribution is -2.14. The number of carbonyl (C=O) groups excluding carboxylic acids is 1. The molecular weight excluding hydrogens is 563 g/mol. The van der Waals surface area contributed by atoms with E-state index >= 15 is 0 Å². The second kappa shape index (κ2) is 11.4. The monoisotopic (exact) mass is 587 g/mol. The maximum atomic E-state index is 13.1. The number of ether oxygens (including phenoxy) is 2. The molecule has 1 aliphatic heterocycles. The number of nitrogens with zero attached hydrogens (tertiary/aromatic N) is 4. The van der Waals surface area contributed by atoms with Crippen LogP contribution in [0.5, 0.6) is 11.5 Å². The van der Waals surface area contributed by atoms with Crippen LogP contribution in [0.4, 0.5) is 36.3 Å². The van der Waals surface area contributed by atoms with Crippen LogP contribution in [0.15, 0.2) is 85.5 Å². The molecule has 2 aromatic heterocycles. The number of rotatable bonds is 8. The fourth-order valence-electron chi connectivity index (χ4n) is 4.39. The van der Waals surface area contributed by atoms with Crippen molar-refractivity contribution in [3.05, 3.63) is 108 Å². The summed E-state index contributed by atoms with van der Waals surface area (Å²) in [5.74, 6) is 2.35. The van der Waals surface area contributed by atoms with Gasteiger partial charge in [-0.2, -0.15) is 13.2 Å². The van der Waals surface area contributed by atoms with Gasteiger partial charge < -0.3 is 25.4 Å². The lowest BCUT2D eigenvalue weighted by Gasteiger charge is -2.14. The average Bonchev–Trinajstić information content (AvgIpc) is 3.67. The van der Waals surface area contributed by atoms with E-state index in [1.54, 1.807) is 41.2 Å². The Labute approximate surface area is 243 Å². The van der Waals surface area contributed by atoms with Crippen LogP contribution in [0.1, 0.15) is 27.0 Å². The van der Waals surface area contributed by atoms with Crippen molar-refractivity contribution in [3.63, 3.8) is 0 Å². The number of anilines is 4. The zero-order chi connectivity index (χ0) is 30.0. The standard InChI is InChI=1S/C30H24F3N7O3/c1-18-5-7-22(38-28(41)20-3-2-4-21(12-20)30(31,32)33)13-23(18)39-29-34-9-10-40(29)27-14-26(36-16-37-27)35-15-19-6-8-24-25(11-19)43-17-42-24/h2-14,16H,15,17H2,1H3,(H,34,39)(H,38,41)(H,35,36,37). The first kappa shape index (κ1) is 27.6. The topological polar surface area (TPSA) is 115 Å². The first-order valence-electron chi connectivity index (χ1n) is 13.1. The Kier molecular flexibility index (Phi) is 7.28. The zero-order valence-corrected chi connectivity index (χ0v) is 22.6. The summed E-state index contributed by atoms with van der Waals surface area (Å²) in [5, 5.41) is 9.19. The van der Waals surface area contributed by atoms with Crippen molar-refractivity contribution >= 4 is 29.0 Å². The Morgan fingerprint density at radius 3 is 2.70 bits per heavy atom. The Hall–Kier alpha value is -5.59. The Balaban J connectivity index is 1.16.